The standard InChI is InChI=1S/C16H11Cl2N5O4/c17-9-3-1-7(5-10(9)18)15(24)13(22-19)14-16(25)21-12-6-8(23(26)27)2-4-11(12)20-14/h1-6,15,24H,19H2,(H,21,25)/b22-13-. The first-order chi connectivity index (χ1) is 12.8. The van der Waals surface area contributed by atoms with Crippen LogP contribution in [0, 0.1) is 10.1 Å². The molecule has 0 radical (unpaired) electrons. The average molecular weight is 408 g/mol. The van der Waals surface area contributed by atoms with Gasteiger partial charge in [0.25, 0.3) is 11.2 Å². The van der Waals surface area contributed by atoms with Gasteiger partial charge < -0.3 is 15.9 Å². The molecule has 3 rings (SSSR count). The molecule has 11 heteroatoms. The Bertz CT molecular complexity index is 1150. The zero-order chi connectivity index (χ0) is 19.7. The molecule has 1 heterocycles. The van der Waals surface area contributed by atoms with E-state index in [1.165, 1.54) is 36.4 Å². The highest BCUT2D eigenvalue weighted by molar-refractivity contribution is 6.42. The topological polar surface area (TPSA) is 147 Å². The SMILES string of the molecule is N/N=C(/c1nc2ccc([N+](=O)[O-])cc2[nH]c1=O)C(O)c1ccc(Cl)c(Cl)c1. The van der Waals surface area contributed by atoms with Crippen LogP contribution in [0.25, 0.3) is 11.0 Å². The highest BCUT2D eigenvalue weighted by Gasteiger charge is 2.23. The van der Waals surface area contributed by atoms with Crippen LogP contribution in [0.2, 0.25) is 10.0 Å². The average Bonchev–Trinajstić information content (AvgIpc) is 2.64. The summed E-state index contributed by atoms with van der Waals surface area (Å²) in [6.45, 7) is 0. The number of H-pyrrole nitrogens is 1. The Morgan fingerprint density at radius 1 is 1.26 bits per heavy atom. The van der Waals surface area contributed by atoms with Gasteiger partial charge in [0, 0.05) is 12.1 Å². The van der Waals surface area contributed by atoms with E-state index in [-0.39, 0.29) is 33.1 Å². The van der Waals surface area contributed by atoms with Crippen LogP contribution in [0.15, 0.2) is 46.3 Å². The molecule has 0 aliphatic heterocycles. The van der Waals surface area contributed by atoms with E-state index in [0.29, 0.717) is 10.6 Å². The summed E-state index contributed by atoms with van der Waals surface area (Å²) in [6.07, 6.45) is -1.39. The number of nitrogens with two attached hydrogens (primary N) is 1. The van der Waals surface area contributed by atoms with E-state index in [4.69, 9.17) is 29.0 Å². The number of fused-ring (bicyclic) bond motifs is 1. The number of halogens is 2. The summed E-state index contributed by atoms with van der Waals surface area (Å²) in [4.78, 5) is 29.3. The third-order valence-electron chi connectivity index (χ3n) is 3.79. The maximum atomic E-state index is 12.4. The molecule has 1 atom stereocenters. The zero-order valence-corrected chi connectivity index (χ0v) is 14.9. The van der Waals surface area contributed by atoms with Crippen molar-refractivity contribution < 1.29 is 10.0 Å². The number of nitro benzene ring substituents is 1. The van der Waals surface area contributed by atoms with E-state index in [1.807, 2.05) is 0 Å². The van der Waals surface area contributed by atoms with Gasteiger partial charge in [0.1, 0.15) is 11.8 Å². The Morgan fingerprint density at radius 2 is 2.00 bits per heavy atom. The van der Waals surface area contributed by atoms with Gasteiger partial charge in [-0.3, -0.25) is 14.9 Å². The van der Waals surface area contributed by atoms with Crippen molar-refractivity contribution in [2.75, 3.05) is 0 Å². The van der Waals surface area contributed by atoms with Gasteiger partial charge in [0.2, 0.25) is 0 Å². The van der Waals surface area contributed by atoms with Crippen LogP contribution < -0.4 is 11.4 Å². The predicted octanol–water partition coefficient (Wildman–Crippen LogP) is 2.53. The van der Waals surface area contributed by atoms with Crippen LogP contribution in [0.4, 0.5) is 5.69 Å². The largest absolute Gasteiger partial charge is 0.382 e. The van der Waals surface area contributed by atoms with Crippen molar-refractivity contribution in [3.63, 3.8) is 0 Å². The molecule has 9 nitrogen and oxygen atoms in total. The fraction of sp³-hybridized carbons (Fsp3) is 0.0625. The summed E-state index contributed by atoms with van der Waals surface area (Å²) in [6, 6.07) is 8.19. The molecule has 0 amide bonds. The van der Waals surface area contributed by atoms with E-state index < -0.39 is 16.6 Å². The minimum atomic E-state index is -1.39. The number of hydrazone groups is 1. The number of nitrogens with one attached hydrogen (secondary N) is 1. The Hall–Kier alpha value is -3.01. The molecule has 0 spiro atoms. The molecule has 138 valence electrons. The van der Waals surface area contributed by atoms with Crippen molar-refractivity contribution in [1.29, 1.82) is 0 Å². The molecule has 27 heavy (non-hydrogen) atoms. The number of non-ortho nitro benzene ring substituents is 1. The molecule has 4 N–H and O–H groups in total. The van der Waals surface area contributed by atoms with Gasteiger partial charge in [-0.25, -0.2) is 4.98 Å². The third-order valence-corrected chi connectivity index (χ3v) is 4.53. The van der Waals surface area contributed by atoms with Crippen LogP contribution in [-0.2, 0) is 0 Å². The number of aromatic amines is 1. The molecule has 0 aliphatic rings. The Balaban J connectivity index is 2.09. The van der Waals surface area contributed by atoms with E-state index in [1.54, 1.807) is 0 Å². The molecule has 0 aliphatic carbocycles. The van der Waals surface area contributed by atoms with Crippen molar-refractivity contribution in [3.8, 4) is 0 Å². The lowest BCUT2D eigenvalue weighted by atomic mass is 10.0. The van der Waals surface area contributed by atoms with Gasteiger partial charge in [-0.05, 0) is 23.8 Å². The number of aromatic nitrogens is 2. The van der Waals surface area contributed by atoms with Crippen LogP contribution in [0.3, 0.4) is 0 Å². The van der Waals surface area contributed by atoms with Crippen molar-refractivity contribution in [3.05, 3.63) is 78.2 Å². The van der Waals surface area contributed by atoms with Gasteiger partial charge in [0.05, 0.1) is 26.0 Å². The Labute approximate surface area is 161 Å². The maximum absolute atomic E-state index is 12.4. The number of benzene rings is 2. The first-order valence-electron chi connectivity index (χ1n) is 7.41. The van der Waals surface area contributed by atoms with Crippen LogP contribution in [0.1, 0.15) is 17.4 Å². The summed E-state index contributed by atoms with van der Waals surface area (Å²) < 4.78 is 0. The predicted molar refractivity (Wildman–Crippen MR) is 101 cm³/mol. The highest BCUT2D eigenvalue weighted by atomic mass is 35.5. The molecule has 0 bridgehead atoms. The second-order valence-electron chi connectivity index (χ2n) is 5.46. The van der Waals surface area contributed by atoms with Gasteiger partial charge >= 0.3 is 0 Å². The maximum Gasteiger partial charge on any atom is 0.276 e. The number of hydrogen-bond acceptors (Lipinski definition) is 7. The second kappa shape index (κ2) is 7.31. The van der Waals surface area contributed by atoms with Crippen molar-refractivity contribution >= 4 is 45.6 Å². The number of aliphatic hydroxyl groups excluding tert-OH is 1. The quantitative estimate of drug-likeness (QED) is 0.262. The lowest BCUT2D eigenvalue weighted by Gasteiger charge is -2.13. The summed E-state index contributed by atoms with van der Waals surface area (Å²) in [5.41, 5.74) is -0.607. The number of aliphatic hydroxyl groups is 1. The first-order valence-corrected chi connectivity index (χ1v) is 8.17. The van der Waals surface area contributed by atoms with Crippen LogP contribution >= 0.6 is 23.2 Å². The van der Waals surface area contributed by atoms with E-state index in [2.05, 4.69) is 15.1 Å². The number of nitro groups is 1. The normalized spacial score (nSPS) is 12.9. The molecule has 0 fully saturated rings. The summed E-state index contributed by atoms with van der Waals surface area (Å²) in [7, 11) is 0. The molecule has 0 saturated heterocycles. The van der Waals surface area contributed by atoms with E-state index in [0.717, 1.165) is 0 Å². The highest BCUT2D eigenvalue weighted by Crippen LogP contribution is 2.27. The molecule has 1 unspecified atom stereocenters. The number of nitrogens with zero attached hydrogens (tertiary/aromatic N) is 3. The Kier molecular flexibility index (Phi) is 5.08. The van der Waals surface area contributed by atoms with Crippen LogP contribution in [0.5, 0.6) is 0 Å². The van der Waals surface area contributed by atoms with Crippen molar-refractivity contribution in [2.24, 2.45) is 10.9 Å². The molecule has 3 aromatic rings. The minimum Gasteiger partial charge on any atom is -0.382 e. The molecular formula is C16H11Cl2N5O4. The number of rotatable bonds is 4. The van der Waals surface area contributed by atoms with Gasteiger partial charge in [0.15, 0.2) is 5.69 Å². The van der Waals surface area contributed by atoms with Crippen LogP contribution in [-0.4, -0.2) is 25.7 Å². The first kappa shape index (κ1) is 18.8. The lowest BCUT2D eigenvalue weighted by molar-refractivity contribution is -0.384. The summed E-state index contributed by atoms with van der Waals surface area (Å²) in [5.74, 6) is 5.37. The molecule has 2 aromatic carbocycles. The third kappa shape index (κ3) is 3.61. The van der Waals surface area contributed by atoms with Gasteiger partial charge in [-0.1, -0.05) is 29.3 Å². The summed E-state index contributed by atoms with van der Waals surface area (Å²) >= 11 is 11.8. The van der Waals surface area contributed by atoms with E-state index >= 15 is 0 Å². The zero-order valence-electron chi connectivity index (χ0n) is 13.4. The monoisotopic (exact) mass is 407 g/mol. The Morgan fingerprint density at radius 3 is 2.63 bits per heavy atom. The molecule has 0 saturated carbocycles. The van der Waals surface area contributed by atoms with Gasteiger partial charge in [-0.15, -0.1) is 0 Å². The minimum absolute atomic E-state index is 0.165. The van der Waals surface area contributed by atoms with Gasteiger partial charge in [-0.2, -0.15) is 5.10 Å². The molecular weight excluding hydrogens is 397 g/mol. The smallest absolute Gasteiger partial charge is 0.276 e. The van der Waals surface area contributed by atoms with E-state index in [9.17, 15) is 20.0 Å². The fourth-order valence-corrected chi connectivity index (χ4v) is 2.77. The number of hydrogen-bond donors (Lipinski definition) is 3. The van der Waals surface area contributed by atoms with Crippen molar-refractivity contribution in [2.45, 2.75) is 6.10 Å². The summed E-state index contributed by atoms with van der Waals surface area (Å²) in [5, 5.41) is 25.4. The lowest BCUT2D eigenvalue weighted by Crippen LogP contribution is -2.26. The fourth-order valence-electron chi connectivity index (χ4n) is 2.46. The van der Waals surface area contributed by atoms with Crippen molar-refractivity contribution in [1.82, 2.24) is 9.97 Å². The second-order valence-corrected chi connectivity index (χ2v) is 6.28. The molecule has 1 aromatic heterocycles.